The molecular weight excluding hydrogens is 152 g/mol. The highest BCUT2D eigenvalue weighted by atomic mass is 16.3. The van der Waals surface area contributed by atoms with Gasteiger partial charge >= 0.3 is 0 Å². The molecule has 1 fully saturated rings. The lowest BCUT2D eigenvalue weighted by Crippen LogP contribution is -2.13. The first-order valence-corrected chi connectivity index (χ1v) is 4.43. The summed E-state index contributed by atoms with van der Waals surface area (Å²) in [6.45, 7) is 0. The number of hydrogen-bond donors (Lipinski definition) is 0. The van der Waals surface area contributed by atoms with E-state index in [1.807, 2.05) is 17.8 Å². The summed E-state index contributed by atoms with van der Waals surface area (Å²) in [4.78, 5) is 0. The highest BCUT2D eigenvalue weighted by Gasteiger charge is 2.29. The summed E-state index contributed by atoms with van der Waals surface area (Å²) in [5.74, 6) is 0.206. The number of hydrogen-bond acceptors (Lipinski definition) is 1. The van der Waals surface area contributed by atoms with Crippen molar-refractivity contribution in [2.24, 2.45) is 7.05 Å². The molecule has 0 aromatic carbocycles. The fraction of sp³-hybridized carbons (Fsp3) is 0.667. The largest absolute Gasteiger partial charge is 0.272 e. The Morgan fingerprint density at radius 1 is 1.58 bits per heavy atom. The van der Waals surface area contributed by atoms with Gasteiger partial charge in [-0.25, -0.2) is 5.11 Å². The van der Waals surface area contributed by atoms with Crippen molar-refractivity contribution in [2.45, 2.75) is 31.3 Å². The number of nitrogens with zero attached hydrogens (tertiary/aromatic N) is 2. The summed E-state index contributed by atoms with van der Waals surface area (Å²) in [5, 5.41) is 15.5. The van der Waals surface area contributed by atoms with Crippen LogP contribution in [0.2, 0.25) is 0 Å². The quantitative estimate of drug-likeness (QED) is 0.621. The Bertz CT molecular complexity index is 269. The van der Waals surface area contributed by atoms with Crippen molar-refractivity contribution in [1.29, 1.82) is 0 Å². The third-order valence-electron chi connectivity index (χ3n) is 2.69. The molecule has 65 valence electrons. The van der Waals surface area contributed by atoms with Crippen molar-refractivity contribution >= 4 is 0 Å². The molecule has 12 heavy (non-hydrogen) atoms. The molecule has 2 atom stereocenters. The van der Waals surface area contributed by atoms with Gasteiger partial charge in [-0.05, 0) is 25.3 Å². The van der Waals surface area contributed by atoms with Gasteiger partial charge in [0.15, 0.2) is 0 Å². The lowest BCUT2D eigenvalue weighted by atomic mass is 10.0. The summed E-state index contributed by atoms with van der Waals surface area (Å²) in [5.41, 5.74) is 1.10. The summed E-state index contributed by atoms with van der Waals surface area (Å²) in [6.07, 6.45) is 4.30. The first-order valence-electron chi connectivity index (χ1n) is 4.43. The van der Waals surface area contributed by atoms with Gasteiger partial charge in [-0.15, -0.1) is 0 Å². The molecule has 2 rings (SSSR count). The smallest absolute Gasteiger partial charge is 0.101 e. The zero-order valence-corrected chi connectivity index (χ0v) is 7.23. The molecule has 0 aliphatic heterocycles. The van der Waals surface area contributed by atoms with E-state index >= 15 is 0 Å². The molecule has 2 unspecified atom stereocenters. The first kappa shape index (κ1) is 7.80. The summed E-state index contributed by atoms with van der Waals surface area (Å²) in [7, 11) is 1.90. The fourth-order valence-electron chi connectivity index (χ4n) is 2.01. The standard InChI is InChI=1S/C9H13N2O/c1-11-8(5-6-10-11)7-3-2-4-9(7)12/h5-7,9H,2-4H2,1H3. The molecule has 3 heteroatoms. The van der Waals surface area contributed by atoms with Crippen LogP contribution in [0.5, 0.6) is 0 Å². The highest BCUT2D eigenvalue weighted by molar-refractivity contribution is 5.11. The molecule has 1 heterocycles. The predicted octanol–water partition coefficient (Wildman–Crippen LogP) is 1.49. The van der Waals surface area contributed by atoms with Crippen LogP contribution in [-0.4, -0.2) is 15.9 Å². The Balaban J connectivity index is 2.24. The van der Waals surface area contributed by atoms with Crippen molar-refractivity contribution in [1.82, 2.24) is 9.78 Å². The Morgan fingerprint density at radius 2 is 2.42 bits per heavy atom. The van der Waals surface area contributed by atoms with Gasteiger partial charge in [0.05, 0.1) is 0 Å². The van der Waals surface area contributed by atoms with Crippen molar-refractivity contribution in [3.05, 3.63) is 18.0 Å². The molecule has 1 aromatic heterocycles. The lowest BCUT2D eigenvalue weighted by molar-refractivity contribution is 0.0783. The first-order chi connectivity index (χ1) is 5.79. The molecule has 1 radical (unpaired) electrons. The van der Waals surface area contributed by atoms with Crippen molar-refractivity contribution in [3.63, 3.8) is 0 Å². The van der Waals surface area contributed by atoms with Crippen LogP contribution in [0.4, 0.5) is 0 Å². The zero-order valence-electron chi connectivity index (χ0n) is 7.23. The second kappa shape index (κ2) is 2.90. The van der Waals surface area contributed by atoms with E-state index in [-0.39, 0.29) is 5.92 Å². The fourth-order valence-corrected chi connectivity index (χ4v) is 2.01. The molecule has 0 spiro atoms. The molecule has 1 saturated carbocycles. The normalized spacial score (nSPS) is 29.5. The maximum absolute atomic E-state index is 11.5. The number of aryl methyl sites for hydroxylation is 1. The van der Waals surface area contributed by atoms with Crippen LogP contribution >= 0.6 is 0 Å². The molecule has 0 amide bonds. The van der Waals surface area contributed by atoms with Crippen molar-refractivity contribution in [2.75, 3.05) is 0 Å². The highest BCUT2D eigenvalue weighted by Crippen LogP contribution is 2.34. The van der Waals surface area contributed by atoms with Gasteiger partial charge in [-0.1, -0.05) is 0 Å². The van der Waals surface area contributed by atoms with Crippen LogP contribution in [0.25, 0.3) is 0 Å². The molecule has 3 nitrogen and oxygen atoms in total. The second-order valence-corrected chi connectivity index (χ2v) is 3.46. The van der Waals surface area contributed by atoms with Gasteiger partial charge in [0.25, 0.3) is 0 Å². The molecule has 1 aliphatic rings. The Kier molecular flexibility index (Phi) is 1.89. The minimum absolute atomic E-state index is 0.206. The third-order valence-corrected chi connectivity index (χ3v) is 2.69. The van der Waals surface area contributed by atoms with Gasteiger partial charge in [0, 0.05) is 24.9 Å². The maximum atomic E-state index is 11.5. The second-order valence-electron chi connectivity index (χ2n) is 3.46. The Morgan fingerprint density at radius 3 is 2.92 bits per heavy atom. The SMILES string of the molecule is Cn1nccc1C1CCCC1[O]. The minimum Gasteiger partial charge on any atom is -0.272 e. The van der Waals surface area contributed by atoms with Crippen LogP contribution < -0.4 is 0 Å². The van der Waals surface area contributed by atoms with Gasteiger partial charge in [-0.2, -0.15) is 5.10 Å². The predicted molar refractivity (Wildman–Crippen MR) is 44.3 cm³/mol. The Hall–Kier alpha value is -0.830. The van der Waals surface area contributed by atoms with Crippen LogP contribution in [0.1, 0.15) is 30.9 Å². The molecule has 0 saturated heterocycles. The monoisotopic (exact) mass is 165 g/mol. The minimum atomic E-state index is -0.402. The van der Waals surface area contributed by atoms with Crippen molar-refractivity contribution in [3.8, 4) is 0 Å². The van der Waals surface area contributed by atoms with Crippen molar-refractivity contribution < 1.29 is 5.11 Å². The topological polar surface area (TPSA) is 37.7 Å². The van der Waals surface area contributed by atoms with E-state index in [1.165, 1.54) is 0 Å². The molecule has 1 aromatic rings. The van der Waals surface area contributed by atoms with Gasteiger partial charge in [0.1, 0.15) is 6.10 Å². The van der Waals surface area contributed by atoms with E-state index in [9.17, 15) is 5.11 Å². The maximum Gasteiger partial charge on any atom is 0.101 e. The van der Waals surface area contributed by atoms with E-state index in [1.54, 1.807) is 6.20 Å². The molecular formula is C9H13N2O. The number of rotatable bonds is 1. The van der Waals surface area contributed by atoms with Gasteiger partial charge < -0.3 is 0 Å². The summed E-state index contributed by atoms with van der Waals surface area (Å²) < 4.78 is 1.82. The average molecular weight is 165 g/mol. The van der Waals surface area contributed by atoms with Crippen LogP contribution in [0.15, 0.2) is 12.3 Å². The summed E-state index contributed by atoms with van der Waals surface area (Å²) in [6, 6.07) is 1.96. The Labute approximate surface area is 72.0 Å². The molecule has 0 N–H and O–H groups in total. The molecule has 0 bridgehead atoms. The van der Waals surface area contributed by atoms with Crippen LogP contribution in [0.3, 0.4) is 0 Å². The van der Waals surface area contributed by atoms with Crippen LogP contribution in [-0.2, 0) is 12.2 Å². The zero-order chi connectivity index (χ0) is 8.55. The third kappa shape index (κ3) is 1.14. The lowest BCUT2D eigenvalue weighted by Gasteiger charge is -2.12. The van der Waals surface area contributed by atoms with E-state index in [0.29, 0.717) is 0 Å². The van der Waals surface area contributed by atoms with E-state index < -0.39 is 6.10 Å². The van der Waals surface area contributed by atoms with Crippen LogP contribution in [0, 0.1) is 0 Å². The van der Waals surface area contributed by atoms with Gasteiger partial charge in [-0.3, -0.25) is 4.68 Å². The average Bonchev–Trinajstić information content (AvgIpc) is 2.59. The number of aromatic nitrogens is 2. The van der Waals surface area contributed by atoms with E-state index in [0.717, 1.165) is 25.0 Å². The van der Waals surface area contributed by atoms with Gasteiger partial charge in [0.2, 0.25) is 0 Å². The molecule has 1 aliphatic carbocycles. The van der Waals surface area contributed by atoms with E-state index in [4.69, 9.17) is 0 Å². The summed E-state index contributed by atoms with van der Waals surface area (Å²) >= 11 is 0. The van der Waals surface area contributed by atoms with E-state index in [2.05, 4.69) is 5.10 Å².